The van der Waals surface area contributed by atoms with Crippen molar-refractivity contribution in [1.82, 2.24) is 20.0 Å². The van der Waals surface area contributed by atoms with E-state index in [-0.39, 0.29) is 6.04 Å². The maximum absolute atomic E-state index is 5.69. The smallest absolute Gasteiger partial charge is 0.110 e. The van der Waals surface area contributed by atoms with Crippen LogP contribution in [0.15, 0.2) is 33.6 Å². The van der Waals surface area contributed by atoms with Gasteiger partial charge in [0.05, 0.1) is 11.7 Å². The molecule has 2 aromatic rings. The van der Waals surface area contributed by atoms with Crippen LogP contribution in [0.5, 0.6) is 0 Å². The Hall–Kier alpha value is -0.760. The van der Waals surface area contributed by atoms with Crippen LogP contribution in [0.4, 0.5) is 0 Å². The van der Waals surface area contributed by atoms with Crippen molar-refractivity contribution in [3.8, 4) is 0 Å². The number of hydrogen-bond donors (Lipinski definition) is 2. The average Bonchev–Trinajstić information content (AvgIpc) is 2.84. The summed E-state index contributed by atoms with van der Waals surface area (Å²) in [5.41, 5.74) is 3.70. The number of hydrazine groups is 1. The first kappa shape index (κ1) is 15.6. The maximum atomic E-state index is 5.69. The fraction of sp³-hybridized carbons (Fsp3) is 0.385. The summed E-state index contributed by atoms with van der Waals surface area (Å²) < 4.78 is 4.00. The highest BCUT2D eigenvalue weighted by molar-refractivity contribution is 9.11. The fourth-order valence-electron chi connectivity index (χ4n) is 2.07. The number of nitrogens with two attached hydrogens (primary N) is 1. The van der Waals surface area contributed by atoms with Crippen molar-refractivity contribution < 1.29 is 0 Å². The molecule has 0 aliphatic carbocycles. The minimum absolute atomic E-state index is 0.0875. The lowest BCUT2D eigenvalue weighted by molar-refractivity contribution is 0.505. The van der Waals surface area contributed by atoms with Crippen LogP contribution < -0.4 is 11.3 Å². The van der Waals surface area contributed by atoms with Gasteiger partial charge in [-0.1, -0.05) is 6.92 Å². The van der Waals surface area contributed by atoms with Gasteiger partial charge in [-0.2, -0.15) is 0 Å². The SMILES string of the molecule is CCCn1ccnc1CC(NN)c1ncc(Br)cc1Br. The minimum atomic E-state index is -0.0875. The second kappa shape index (κ2) is 7.31. The molecule has 0 bridgehead atoms. The lowest BCUT2D eigenvalue weighted by atomic mass is 10.1. The van der Waals surface area contributed by atoms with Gasteiger partial charge in [0.25, 0.3) is 0 Å². The summed E-state index contributed by atoms with van der Waals surface area (Å²) in [7, 11) is 0. The number of pyridine rings is 1. The van der Waals surface area contributed by atoms with Crippen LogP contribution in [0.3, 0.4) is 0 Å². The van der Waals surface area contributed by atoms with E-state index in [4.69, 9.17) is 5.84 Å². The molecule has 108 valence electrons. The Balaban J connectivity index is 2.22. The Morgan fingerprint density at radius 1 is 1.40 bits per heavy atom. The standard InChI is InChI=1S/C13H17Br2N5/c1-2-4-20-5-3-17-12(20)7-11(19-16)13-10(15)6-9(14)8-18-13/h3,5-6,8,11,19H,2,4,7,16H2,1H3. The molecule has 2 rings (SSSR count). The zero-order chi connectivity index (χ0) is 14.5. The number of rotatable bonds is 6. The van der Waals surface area contributed by atoms with Crippen molar-refractivity contribution in [3.05, 3.63) is 45.1 Å². The second-order valence-corrected chi connectivity index (χ2v) is 6.25. The molecule has 20 heavy (non-hydrogen) atoms. The van der Waals surface area contributed by atoms with E-state index in [1.807, 2.05) is 18.5 Å². The molecule has 3 N–H and O–H groups in total. The molecule has 0 aromatic carbocycles. The minimum Gasteiger partial charge on any atom is -0.335 e. The third kappa shape index (κ3) is 3.66. The van der Waals surface area contributed by atoms with Gasteiger partial charge in [-0.25, -0.2) is 4.98 Å². The predicted molar refractivity (Wildman–Crippen MR) is 85.9 cm³/mol. The van der Waals surface area contributed by atoms with Gasteiger partial charge in [-0.15, -0.1) is 0 Å². The quantitative estimate of drug-likeness (QED) is 0.575. The Bertz CT molecular complexity index is 570. The van der Waals surface area contributed by atoms with E-state index in [9.17, 15) is 0 Å². The van der Waals surface area contributed by atoms with Crippen molar-refractivity contribution in [3.63, 3.8) is 0 Å². The molecule has 1 unspecified atom stereocenters. The highest BCUT2D eigenvalue weighted by Gasteiger charge is 2.18. The van der Waals surface area contributed by atoms with E-state index in [0.29, 0.717) is 6.42 Å². The molecule has 0 radical (unpaired) electrons. The molecule has 2 heterocycles. The van der Waals surface area contributed by atoms with Crippen LogP contribution in [0, 0.1) is 0 Å². The predicted octanol–water partition coefficient (Wildman–Crippen LogP) is 2.96. The molecule has 1 atom stereocenters. The van der Waals surface area contributed by atoms with Gasteiger partial charge >= 0.3 is 0 Å². The molecule has 0 saturated heterocycles. The zero-order valence-electron chi connectivity index (χ0n) is 11.2. The van der Waals surface area contributed by atoms with Crippen LogP contribution in [0.25, 0.3) is 0 Å². The summed E-state index contributed by atoms with van der Waals surface area (Å²) in [6.45, 7) is 3.11. The lowest BCUT2D eigenvalue weighted by Gasteiger charge is -2.17. The second-order valence-electron chi connectivity index (χ2n) is 4.48. The van der Waals surface area contributed by atoms with Crippen molar-refractivity contribution in [2.45, 2.75) is 32.4 Å². The first-order valence-corrected chi connectivity index (χ1v) is 8.01. The topological polar surface area (TPSA) is 68.8 Å². The van der Waals surface area contributed by atoms with E-state index in [1.54, 1.807) is 6.20 Å². The molecule has 7 heteroatoms. The average molecular weight is 403 g/mol. The van der Waals surface area contributed by atoms with E-state index >= 15 is 0 Å². The summed E-state index contributed by atoms with van der Waals surface area (Å²) in [5.74, 6) is 6.70. The first-order valence-electron chi connectivity index (χ1n) is 6.42. The number of imidazole rings is 1. The molecule has 0 aliphatic heterocycles. The van der Waals surface area contributed by atoms with E-state index in [2.05, 4.69) is 58.7 Å². The molecule has 0 fully saturated rings. The lowest BCUT2D eigenvalue weighted by Crippen LogP contribution is -2.31. The Morgan fingerprint density at radius 3 is 2.85 bits per heavy atom. The summed E-state index contributed by atoms with van der Waals surface area (Å²) in [4.78, 5) is 8.84. The largest absolute Gasteiger partial charge is 0.335 e. The molecule has 0 spiro atoms. The number of nitrogens with one attached hydrogen (secondary N) is 1. The number of nitrogens with zero attached hydrogens (tertiary/aromatic N) is 3. The number of hydrogen-bond acceptors (Lipinski definition) is 4. The molecular weight excluding hydrogens is 386 g/mol. The highest BCUT2D eigenvalue weighted by atomic mass is 79.9. The van der Waals surface area contributed by atoms with Gasteiger partial charge in [0, 0.05) is 40.5 Å². The Kier molecular flexibility index (Phi) is 5.71. The summed E-state index contributed by atoms with van der Waals surface area (Å²) >= 11 is 6.93. The number of aromatic nitrogens is 3. The van der Waals surface area contributed by atoms with Crippen molar-refractivity contribution in [2.24, 2.45) is 5.84 Å². The van der Waals surface area contributed by atoms with Gasteiger partial charge in [0.15, 0.2) is 0 Å². The van der Waals surface area contributed by atoms with Crippen LogP contribution in [-0.2, 0) is 13.0 Å². The fourth-order valence-corrected chi connectivity index (χ4v) is 3.34. The van der Waals surface area contributed by atoms with E-state index in [1.165, 1.54) is 0 Å². The molecule has 0 amide bonds. The summed E-state index contributed by atoms with van der Waals surface area (Å²) in [5, 5.41) is 0. The zero-order valence-corrected chi connectivity index (χ0v) is 14.4. The molecule has 2 aromatic heterocycles. The summed E-state index contributed by atoms with van der Waals surface area (Å²) in [6, 6.07) is 1.88. The van der Waals surface area contributed by atoms with Crippen LogP contribution >= 0.6 is 31.9 Å². The Morgan fingerprint density at radius 2 is 2.20 bits per heavy atom. The van der Waals surface area contributed by atoms with E-state index < -0.39 is 0 Å². The highest BCUT2D eigenvalue weighted by Crippen LogP contribution is 2.26. The molecular formula is C13H17Br2N5. The van der Waals surface area contributed by atoms with Crippen LogP contribution in [0.1, 0.15) is 30.9 Å². The van der Waals surface area contributed by atoms with Crippen LogP contribution in [0.2, 0.25) is 0 Å². The van der Waals surface area contributed by atoms with Crippen molar-refractivity contribution in [2.75, 3.05) is 0 Å². The van der Waals surface area contributed by atoms with Gasteiger partial charge in [-0.05, 0) is 44.3 Å². The van der Waals surface area contributed by atoms with Gasteiger partial charge in [0.1, 0.15) is 5.82 Å². The molecule has 5 nitrogen and oxygen atoms in total. The molecule has 0 saturated carbocycles. The van der Waals surface area contributed by atoms with Gasteiger partial charge in [-0.3, -0.25) is 16.3 Å². The monoisotopic (exact) mass is 401 g/mol. The molecule has 0 aliphatic rings. The van der Waals surface area contributed by atoms with Crippen molar-refractivity contribution in [1.29, 1.82) is 0 Å². The van der Waals surface area contributed by atoms with Crippen molar-refractivity contribution >= 4 is 31.9 Å². The summed E-state index contributed by atoms with van der Waals surface area (Å²) in [6.07, 6.45) is 7.35. The van der Waals surface area contributed by atoms with Crippen LogP contribution in [-0.4, -0.2) is 14.5 Å². The van der Waals surface area contributed by atoms with Gasteiger partial charge in [0.2, 0.25) is 0 Å². The maximum Gasteiger partial charge on any atom is 0.110 e. The van der Waals surface area contributed by atoms with Gasteiger partial charge < -0.3 is 4.57 Å². The Labute approximate surface area is 135 Å². The number of halogens is 2. The first-order chi connectivity index (χ1) is 9.65. The normalized spacial score (nSPS) is 12.6. The number of aryl methyl sites for hydroxylation is 1. The third-order valence-electron chi connectivity index (χ3n) is 3.02. The van der Waals surface area contributed by atoms with E-state index in [0.717, 1.165) is 33.4 Å². The third-order valence-corrected chi connectivity index (χ3v) is 4.09.